The topological polar surface area (TPSA) is 51.2 Å². The molecule has 0 heterocycles. The molecule has 0 aromatic carbocycles. The Balaban J connectivity index is 3.88. The van der Waals surface area contributed by atoms with Crippen molar-refractivity contribution in [2.45, 2.75) is 33.1 Å². The fraction of sp³-hybridized carbons (Fsp3) is 0.667. The minimum Gasteiger partial charge on any atom is -0.303 e. The van der Waals surface area contributed by atoms with E-state index < -0.39 is 5.92 Å². The molecule has 0 N–H and O–H groups in total. The highest BCUT2D eigenvalue weighted by atomic mass is 16.1. The van der Waals surface area contributed by atoms with Crippen molar-refractivity contribution in [3.05, 3.63) is 0 Å². The van der Waals surface area contributed by atoms with Crippen molar-refractivity contribution in [3.63, 3.8) is 0 Å². The molecule has 0 radical (unpaired) electrons. The maximum absolute atomic E-state index is 10.9. The molecule has 3 nitrogen and oxygen atoms in total. The Morgan fingerprint density at radius 3 is 2.08 bits per heavy atom. The molecule has 0 aliphatic rings. The Bertz CT molecular complexity index is 170. The van der Waals surface area contributed by atoms with Crippen LogP contribution in [-0.2, 0) is 14.4 Å². The van der Waals surface area contributed by atoms with Gasteiger partial charge in [0, 0.05) is 6.42 Å². The molecule has 0 aliphatic carbocycles. The van der Waals surface area contributed by atoms with Crippen molar-refractivity contribution in [3.8, 4) is 0 Å². The second-order valence-corrected chi connectivity index (χ2v) is 2.87. The van der Waals surface area contributed by atoms with Crippen LogP contribution in [0.4, 0.5) is 0 Å². The van der Waals surface area contributed by atoms with E-state index in [1.54, 1.807) is 0 Å². The molecular weight excluding hydrogens is 156 g/mol. The number of rotatable bonds is 6. The highest BCUT2D eigenvalue weighted by molar-refractivity contribution is 6.00. The predicted octanol–water partition coefficient (Wildman–Crippen LogP) is 1.15. The molecule has 0 amide bonds. The lowest BCUT2D eigenvalue weighted by Gasteiger charge is -2.07. The van der Waals surface area contributed by atoms with E-state index in [-0.39, 0.29) is 11.6 Å². The van der Waals surface area contributed by atoms with E-state index in [4.69, 9.17) is 0 Å². The van der Waals surface area contributed by atoms with Gasteiger partial charge in [0.2, 0.25) is 0 Å². The molecule has 0 unspecified atom stereocenters. The van der Waals surface area contributed by atoms with Crippen molar-refractivity contribution in [1.82, 2.24) is 0 Å². The van der Waals surface area contributed by atoms with Gasteiger partial charge in [0.25, 0.3) is 0 Å². The van der Waals surface area contributed by atoms with Gasteiger partial charge in [-0.3, -0.25) is 9.59 Å². The second-order valence-electron chi connectivity index (χ2n) is 2.87. The summed E-state index contributed by atoms with van der Waals surface area (Å²) >= 11 is 0. The van der Waals surface area contributed by atoms with E-state index in [1.807, 2.05) is 0 Å². The molecule has 0 aliphatic heterocycles. The summed E-state index contributed by atoms with van der Waals surface area (Å²) in [5, 5.41) is 0. The van der Waals surface area contributed by atoms with Crippen molar-refractivity contribution >= 4 is 17.9 Å². The van der Waals surface area contributed by atoms with Crippen LogP contribution in [0, 0.1) is 5.92 Å². The first-order valence-corrected chi connectivity index (χ1v) is 4.04. The van der Waals surface area contributed by atoms with Crippen LogP contribution in [0.1, 0.15) is 33.1 Å². The lowest BCUT2D eigenvalue weighted by atomic mass is 9.95. The number of aldehydes is 1. The molecule has 0 atom stereocenters. The van der Waals surface area contributed by atoms with Gasteiger partial charge in [0.05, 0.1) is 5.92 Å². The Morgan fingerprint density at radius 1 is 1.25 bits per heavy atom. The molecule has 0 bridgehead atoms. The van der Waals surface area contributed by atoms with Gasteiger partial charge in [-0.1, -0.05) is 0 Å². The Labute approximate surface area is 72.1 Å². The maximum Gasteiger partial charge on any atom is 0.140 e. The second kappa shape index (κ2) is 5.63. The molecule has 0 spiro atoms. The van der Waals surface area contributed by atoms with Gasteiger partial charge in [0.15, 0.2) is 0 Å². The lowest BCUT2D eigenvalue weighted by molar-refractivity contribution is -0.130. The zero-order chi connectivity index (χ0) is 9.56. The minimum absolute atomic E-state index is 0.103. The van der Waals surface area contributed by atoms with Crippen molar-refractivity contribution in [1.29, 1.82) is 0 Å². The van der Waals surface area contributed by atoms with E-state index in [9.17, 15) is 14.4 Å². The maximum atomic E-state index is 10.9. The van der Waals surface area contributed by atoms with Crippen LogP contribution in [-0.4, -0.2) is 17.9 Å². The molecule has 3 heteroatoms. The molecule has 68 valence electrons. The van der Waals surface area contributed by atoms with Crippen molar-refractivity contribution in [2.75, 3.05) is 0 Å². The van der Waals surface area contributed by atoms with E-state index >= 15 is 0 Å². The monoisotopic (exact) mass is 170 g/mol. The van der Waals surface area contributed by atoms with Gasteiger partial charge >= 0.3 is 0 Å². The number of carbonyl (C=O) groups is 3. The Hall–Kier alpha value is -0.990. The van der Waals surface area contributed by atoms with E-state index in [1.165, 1.54) is 13.8 Å². The summed E-state index contributed by atoms with van der Waals surface area (Å²) in [5.74, 6) is -0.702. The normalized spacial score (nSPS) is 9.92. The summed E-state index contributed by atoms with van der Waals surface area (Å²) in [6.45, 7) is 2.82. The van der Waals surface area contributed by atoms with Crippen molar-refractivity contribution in [2.24, 2.45) is 5.92 Å². The zero-order valence-corrected chi connectivity index (χ0v) is 7.50. The summed E-state index contributed by atoms with van der Waals surface area (Å²) in [6, 6.07) is 0. The molecule has 0 fully saturated rings. The first-order valence-electron chi connectivity index (χ1n) is 4.04. The molecule has 12 heavy (non-hydrogen) atoms. The standard InChI is InChI=1S/C9H14O3/c1-7(11)9(8(2)12)5-3-4-6-10/h6,9H,3-5H2,1-2H3. The summed E-state index contributed by atoms with van der Waals surface area (Å²) in [5.41, 5.74) is 0. The summed E-state index contributed by atoms with van der Waals surface area (Å²) in [6.07, 6.45) is 2.35. The van der Waals surface area contributed by atoms with Crippen LogP contribution in [0.2, 0.25) is 0 Å². The first-order chi connectivity index (χ1) is 5.59. The molecule has 0 aromatic rings. The summed E-state index contributed by atoms with van der Waals surface area (Å²) in [7, 11) is 0. The van der Waals surface area contributed by atoms with Gasteiger partial charge in [-0.15, -0.1) is 0 Å². The van der Waals surface area contributed by atoms with Crippen LogP contribution < -0.4 is 0 Å². The lowest BCUT2D eigenvalue weighted by Crippen LogP contribution is -2.19. The van der Waals surface area contributed by atoms with Crippen LogP contribution in [0.25, 0.3) is 0 Å². The third-order valence-electron chi connectivity index (χ3n) is 1.80. The number of hydrogen-bond donors (Lipinski definition) is 0. The number of ketones is 2. The average Bonchev–Trinajstić information content (AvgIpc) is 1.96. The van der Waals surface area contributed by atoms with Gasteiger partial charge in [-0.05, 0) is 26.7 Å². The van der Waals surface area contributed by atoms with E-state index in [0.717, 1.165) is 6.29 Å². The fourth-order valence-corrected chi connectivity index (χ4v) is 1.10. The molecular formula is C9H14O3. The highest BCUT2D eigenvalue weighted by Crippen LogP contribution is 2.10. The third-order valence-corrected chi connectivity index (χ3v) is 1.80. The number of Topliss-reactive ketones (excluding diaryl/α,β-unsaturated/α-hetero) is 2. The fourth-order valence-electron chi connectivity index (χ4n) is 1.10. The van der Waals surface area contributed by atoms with Gasteiger partial charge < -0.3 is 4.79 Å². The largest absolute Gasteiger partial charge is 0.303 e. The van der Waals surface area contributed by atoms with E-state index in [0.29, 0.717) is 19.3 Å². The molecule has 0 rings (SSSR count). The number of unbranched alkanes of at least 4 members (excludes halogenated alkanes) is 1. The summed E-state index contributed by atoms with van der Waals surface area (Å²) in [4.78, 5) is 31.7. The van der Waals surface area contributed by atoms with Crippen LogP contribution in [0.15, 0.2) is 0 Å². The molecule has 0 saturated heterocycles. The quantitative estimate of drug-likeness (QED) is 0.341. The predicted molar refractivity (Wildman–Crippen MR) is 44.8 cm³/mol. The SMILES string of the molecule is CC(=O)C(CCCC=O)C(C)=O. The third kappa shape index (κ3) is 4.01. The van der Waals surface area contributed by atoms with Crippen LogP contribution in [0.3, 0.4) is 0 Å². The number of hydrogen-bond acceptors (Lipinski definition) is 3. The van der Waals surface area contributed by atoms with Crippen LogP contribution in [0.5, 0.6) is 0 Å². The van der Waals surface area contributed by atoms with Crippen molar-refractivity contribution < 1.29 is 14.4 Å². The smallest absolute Gasteiger partial charge is 0.140 e. The minimum atomic E-state index is -0.495. The molecule has 0 saturated carbocycles. The Kier molecular flexibility index (Phi) is 5.17. The average molecular weight is 170 g/mol. The van der Waals surface area contributed by atoms with Gasteiger partial charge in [-0.25, -0.2) is 0 Å². The summed E-state index contributed by atoms with van der Waals surface area (Å²) < 4.78 is 0. The van der Waals surface area contributed by atoms with Gasteiger partial charge in [0.1, 0.15) is 17.9 Å². The zero-order valence-electron chi connectivity index (χ0n) is 7.50. The van der Waals surface area contributed by atoms with Gasteiger partial charge in [-0.2, -0.15) is 0 Å². The number of carbonyl (C=O) groups excluding carboxylic acids is 3. The van der Waals surface area contributed by atoms with E-state index in [2.05, 4.69) is 0 Å². The highest BCUT2D eigenvalue weighted by Gasteiger charge is 2.18. The van der Waals surface area contributed by atoms with Crippen LogP contribution >= 0.6 is 0 Å². The first kappa shape index (κ1) is 11.0. The Morgan fingerprint density at radius 2 is 1.75 bits per heavy atom. The molecule has 0 aromatic heterocycles.